The predicted molar refractivity (Wildman–Crippen MR) is 101 cm³/mol. The van der Waals surface area contributed by atoms with Crippen LogP contribution >= 0.6 is 11.6 Å². The quantitative estimate of drug-likeness (QED) is 0.675. The van der Waals surface area contributed by atoms with E-state index in [2.05, 4.69) is 0 Å². The summed E-state index contributed by atoms with van der Waals surface area (Å²) < 4.78 is 10.5. The number of carbonyl (C=O) groups excluding carboxylic acids is 1. The lowest BCUT2D eigenvalue weighted by atomic mass is 10.1. The van der Waals surface area contributed by atoms with Crippen molar-refractivity contribution in [3.63, 3.8) is 0 Å². The highest BCUT2D eigenvalue weighted by Crippen LogP contribution is 2.36. The van der Waals surface area contributed by atoms with Crippen molar-refractivity contribution in [2.24, 2.45) is 0 Å². The maximum absolute atomic E-state index is 12.9. The Morgan fingerprint density at radius 3 is 2.36 bits per heavy atom. The van der Waals surface area contributed by atoms with Gasteiger partial charge in [0, 0.05) is 18.3 Å². The van der Waals surface area contributed by atoms with Gasteiger partial charge >= 0.3 is 0 Å². The fourth-order valence-corrected chi connectivity index (χ4v) is 3.03. The van der Waals surface area contributed by atoms with Crippen LogP contribution in [0.25, 0.3) is 10.8 Å². The molecule has 0 unspecified atom stereocenters. The van der Waals surface area contributed by atoms with Gasteiger partial charge in [0.2, 0.25) is 0 Å². The highest BCUT2D eigenvalue weighted by atomic mass is 35.5. The highest BCUT2D eigenvalue weighted by Gasteiger charge is 2.19. The molecule has 3 aromatic carbocycles. The van der Waals surface area contributed by atoms with Crippen LogP contribution in [-0.2, 0) is 0 Å². The van der Waals surface area contributed by atoms with E-state index in [0.717, 1.165) is 16.5 Å². The number of benzene rings is 3. The number of methoxy groups -OCH3 is 2. The Bertz CT molecular complexity index is 939. The molecule has 0 atom stereocenters. The zero-order chi connectivity index (χ0) is 18.0. The van der Waals surface area contributed by atoms with Gasteiger partial charge in [0.1, 0.15) is 0 Å². The minimum absolute atomic E-state index is 0.182. The normalized spacial score (nSPS) is 10.6. The molecule has 0 bridgehead atoms. The second-order valence-corrected chi connectivity index (χ2v) is 6.00. The van der Waals surface area contributed by atoms with Gasteiger partial charge < -0.3 is 14.4 Å². The van der Waals surface area contributed by atoms with Crippen molar-refractivity contribution in [1.29, 1.82) is 0 Å². The molecule has 25 heavy (non-hydrogen) atoms. The molecule has 128 valence electrons. The molecule has 0 fully saturated rings. The van der Waals surface area contributed by atoms with Crippen LogP contribution in [-0.4, -0.2) is 27.2 Å². The Labute approximate surface area is 151 Å². The number of rotatable bonds is 4. The van der Waals surface area contributed by atoms with E-state index in [4.69, 9.17) is 21.1 Å². The van der Waals surface area contributed by atoms with E-state index in [9.17, 15) is 4.79 Å². The molecule has 0 saturated carbocycles. The largest absolute Gasteiger partial charge is 0.493 e. The van der Waals surface area contributed by atoms with Gasteiger partial charge in [-0.1, -0.05) is 41.9 Å². The Kier molecular flexibility index (Phi) is 4.81. The van der Waals surface area contributed by atoms with Crippen molar-refractivity contribution in [2.75, 3.05) is 26.2 Å². The lowest BCUT2D eigenvalue weighted by molar-refractivity contribution is 0.0992. The number of nitrogens with zero attached hydrogens (tertiary/aromatic N) is 1. The molecule has 4 nitrogen and oxygen atoms in total. The van der Waals surface area contributed by atoms with Gasteiger partial charge in [-0.3, -0.25) is 4.79 Å². The number of ether oxygens (including phenoxy) is 2. The summed E-state index contributed by atoms with van der Waals surface area (Å²) >= 11 is 6.21. The van der Waals surface area contributed by atoms with Crippen LogP contribution in [0.5, 0.6) is 11.5 Å². The Morgan fingerprint density at radius 1 is 0.960 bits per heavy atom. The third-order valence-electron chi connectivity index (χ3n) is 4.11. The molecule has 0 aliphatic heterocycles. The first-order chi connectivity index (χ1) is 12.0. The van der Waals surface area contributed by atoms with Gasteiger partial charge in [0.15, 0.2) is 11.5 Å². The minimum Gasteiger partial charge on any atom is -0.493 e. The smallest absolute Gasteiger partial charge is 0.258 e. The molecule has 0 heterocycles. The van der Waals surface area contributed by atoms with Gasteiger partial charge in [-0.25, -0.2) is 0 Å². The third-order valence-corrected chi connectivity index (χ3v) is 4.39. The standard InChI is InChI=1S/C20H18ClNO3/c1-22(16-9-8-13-6-4-5-7-14(13)10-16)20(23)15-11-17(21)19(25-3)18(12-15)24-2/h4-12H,1-3H3. The molecule has 0 aliphatic rings. The van der Waals surface area contributed by atoms with Crippen LogP contribution in [0.3, 0.4) is 0 Å². The summed E-state index contributed by atoms with van der Waals surface area (Å²) in [6.45, 7) is 0. The first-order valence-corrected chi connectivity index (χ1v) is 8.11. The summed E-state index contributed by atoms with van der Waals surface area (Å²) in [5.74, 6) is 0.650. The van der Waals surface area contributed by atoms with Gasteiger partial charge in [-0.15, -0.1) is 0 Å². The van der Waals surface area contributed by atoms with Gasteiger partial charge in [0.05, 0.1) is 19.2 Å². The second-order valence-electron chi connectivity index (χ2n) is 5.59. The van der Waals surface area contributed by atoms with Crippen LogP contribution in [0.1, 0.15) is 10.4 Å². The van der Waals surface area contributed by atoms with E-state index in [1.54, 1.807) is 24.1 Å². The average Bonchev–Trinajstić information content (AvgIpc) is 2.65. The zero-order valence-electron chi connectivity index (χ0n) is 14.2. The number of halogens is 1. The Hall–Kier alpha value is -2.72. The highest BCUT2D eigenvalue weighted by molar-refractivity contribution is 6.32. The van der Waals surface area contributed by atoms with E-state index >= 15 is 0 Å². The first kappa shape index (κ1) is 17.1. The average molecular weight is 356 g/mol. The fraction of sp³-hybridized carbons (Fsp3) is 0.150. The lowest BCUT2D eigenvalue weighted by Crippen LogP contribution is -2.26. The molecule has 0 spiro atoms. The molecular weight excluding hydrogens is 338 g/mol. The molecule has 0 radical (unpaired) electrons. The van der Waals surface area contributed by atoms with E-state index < -0.39 is 0 Å². The van der Waals surface area contributed by atoms with Crippen molar-refractivity contribution in [1.82, 2.24) is 0 Å². The van der Waals surface area contributed by atoms with E-state index in [-0.39, 0.29) is 5.91 Å². The van der Waals surface area contributed by atoms with E-state index in [1.807, 2.05) is 42.5 Å². The van der Waals surface area contributed by atoms with Crippen molar-refractivity contribution in [3.8, 4) is 11.5 Å². The van der Waals surface area contributed by atoms with Crippen LogP contribution in [0, 0.1) is 0 Å². The maximum atomic E-state index is 12.9. The Morgan fingerprint density at radius 2 is 1.68 bits per heavy atom. The molecule has 0 N–H and O–H groups in total. The topological polar surface area (TPSA) is 38.8 Å². The second kappa shape index (κ2) is 7.03. The summed E-state index contributed by atoms with van der Waals surface area (Å²) in [5.41, 5.74) is 1.23. The molecule has 5 heteroatoms. The number of hydrogen-bond donors (Lipinski definition) is 0. The van der Waals surface area contributed by atoms with Gasteiger partial charge in [-0.05, 0) is 35.0 Å². The van der Waals surface area contributed by atoms with Gasteiger partial charge in [0.25, 0.3) is 5.91 Å². The SMILES string of the molecule is COc1cc(C(=O)N(C)c2ccc3ccccc3c2)cc(Cl)c1OC. The van der Waals surface area contributed by atoms with Crippen LogP contribution in [0.15, 0.2) is 54.6 Å². The van der Waals surface area contributed by atoms with Gasteiger partial charge in [-0.2, -0.15) is 0 Å². The third kappa shape index (κ3) is 3.26. The summed E-state index contributed by atoms with van der Waals surface area (Å²) in [7, 11) is 4.75. The van der Waals surface area contributed by atoms with Crippen molar-refractivity contribution in [2.45, 2.75) is 0 Å². The minimum atomic E-state index is -0.182. The summed E-state index contributed by atoms with van der Waals surface area (Å²) in [6, 6.07) is 17.1. The van der Waals surface area contributed by atoms with Crippen molar-refractivity contribution in [3.05, 3.63) is 65.2 Å². The van der Waals surface area contributed by atoms with Crippen LogP contribution in [0.2, 0.25) is 5.02 Å². The molecule has 3 aromatic rings. The summed E-state index contributed by atoms with van der Waals surface area (Å²) in [6.07, 6.45) is 0. The van der Waals surface area contributed by atoms with Crippen LogP contribution < -0.4 is 14.4 Å². The van der Waals surface area contributed by atoms with Crippen molar-refractivity contribution >= 4 is 34.0 Å². The number of hydrogen-bond acceptors (Lipinski definition) is 3. The van der Waals surface area contributed by atoms with Crippen LogP contribution in [0.4, 0.5) is 5.69 Å². The monoisotopic (exact) mass is 355 g/mol. The fourth-order valence-electron chi connectivity index (χ4n) is 2.74. The number of anilines is 1. The number of amides is 1. The molecule has 0 aromatic heterocycles. The summed E-state index contributed by atoms with van der Waals surface area (Å²) in [4.78, 5) is 14.5. The number of carbonyl (C=O) groups is 1. The van der Waals surface area contributed by atoms with E-state index in [1.165, 1.54) is 14.2 Å². The molecule has 1 amide bonds. The lowest BCUT2D eigenvalue weighted by Gasteiger charge is -2.19. The summed E-state index contributed by atoms with van der Waals surface area (Å²) in [5, 5.41) is 2.53. The van der Waals surface area contributed by atoms with E-state index in [0.29, 0.717) is 22.1 Å². The molecular formula is C20H18ClNO3. The first-order valence-electron chi connectivity index (χ1n) is 7.73. The maximum Gasteiger partial charge on any atom is 0.258 e. The Balaban J connectivity index is 1.97. The molecule has 0 saturated heterocycles. The molecule has 3 rings (SSSR count). The zero-order valence-corrected chi connectivity index (χ0v) is 15.0. The van der Waals surface area contributed by atoms with Crippen molar-refractivity contribution < 1.29 is 14.3 Å². The number of fused-ring (bicyclic) bond motifs is 1. The molecule has 0 aliphatic carbocycles. The predicted octanol–water partition coefficient (Wildman–Crippen LogP) is 4.79.